The Hall–Kier alpha value is -2.95. The summed E-state index contributed by atoms with van der Waals surface area (Å²) in [6, 6.07) is 13.6. The number of amides is 2. The third-order valence-corrected chi connectivity index (χ3v) is 3.79. The fourth-order valence-electron chi connectivity index (χ4n) is 2.72. The van der Waals surface area contributed by atoms with Crippen LogP contribution in [0.25, 0.3) is 0 Å². The van der Waals surface area contributed by atoms with Crippen LogP contribution in [0.2, 0.25) is 0 Å². The predicted octanol–water partition coefficient (Wildman–Crippen LogP) is 2.09. The molecular formula is C17H14N2O3. The van der Waals surface area contributed by atoms with Crippen LogP contribution in [-0.4, -0.2) is 17.6 Å². The summed E-state index contributed by atoms with van der Waals surface area (Å²) in [5, 5.41) is 2.70. The van der Waals surface area contributed by atoms with Gasteiger partial charge < -0.3 is 11.1 Å². The predicted molar refractivity (Wildman–Crippen MR) is 81.7 cm³/mol. The summed E-state index contributed by atoms with van der Waals surface area (Å²) in [6.07, 6.45) is 0.143. The Bertz CT molecular complexity index is 783. The molecule has 1 aliphatic rings. The molecule has 110 valence electrons. The van der Waals surface area contributed by atoms with Gasteiger partial charge in [0.05, 0.1) is 17.2 Å². The second-order valence-electron chi connectivity index (χ2n) is 5.17. The average Bonchev–Trinajstić information content (AvgIpc) is 2.85. The zero-order chi connectivity index (χ0) is 15.7. The molecular weight excluding hydrogens is 280 g/mol. The van der Waals surface area contributed by atoms with Crippen LogP contribution >= 0.6 is 0 Å². The molecule has 3 N–H and O–H groups in total. The van der Waals surface area contributed by atoms with Gasteiger partial charge in [0.2, 0.25) is 5.91 Å². The lowest BCUT2D eigenvalue weighted by Gasteiger charge is -2.13. The number of ketones is 1. The molecule has 0 fully saturated rings. The van der Waals surface area contributed by atoms with E-state index in [2.05, 4.69) is 5.32 Å². The van der Waals surface area contributed by atoms with Crippen LogP contribution in [0.1, 0.15) is 38.6 Å². The van der Waals surface area contributed by atoms with Gasteiger partial charge >= 0.3 is 0 Å². The number of carbonyl (C=O) groups excluding carboxylic acids is 3. The van der Waals surface area contributed by atoms with Crippen LogP contribution in [-0.2, 0) is 4.79 Å². The molecule has 2 amide bonds. The number of hydrogen-bond donors (Lipinski definition) is 2. The number of carbonyl (C=O) groups is 3. The molecule has 0 saturated heterocycles. The molecule has 5 nitrogen and oxygen atoms in total. The molecule has 1 atom stereocenters. The summed E-state index contributed by atoms with van der Waals surface area (Å²) in [5.74, 6) is -1.51. The van der Waals surface area contributed by atoms with Gasteiger partial charge in [0.25, 0.3) is 5.91 Å². The molecule has 1 aliphatic carbocycles. The van der Waals surface area contributed by atoms with Gasteiger partial charge in [0, 0.05) is 12.0 Å². The summed E-state index contributed by atoms with van der Waals surface area (Å²) < 4.78 is 0. The van der Waals surface area contributed by atoms with Crippen molar-refractivity contribution in [2.24, 2.45) is 5.73 Å². The third-order valence-electron chi connectivity index (χ3n) is 3.79. The Morgan fingerprint density at radius 2 is 1.73 bits per heavy atom. The molecule has 3 rings (SSSR count). The largest absolute Gasteiger partial charge is 0.366 e. The Labute approximate surface area is 127 Å². The maximum absolute atomic E-state index is 12.5. The first-order chi connectivity index (χ1) is 10.6. The quantitative estimate of drug-likeness (QED) is 0.908. The van der Waals surface area contributed by atoms with E-state index in [-0.39, 0.29) is 23.7 Å². The van der Waals surface area contributed by atoms with E-state index >= 15 is 0 Å². The van der Waals surface area contributed by atoms with Crippen molar-refractivity contribution < 1.29 is 14.4 Å². The van der Waals surface area contributed by atoms with E-state index in [0.717, 1.165) is 5.56 Å². The first-order valence-corrected chi connectivity index (χ1v) is 6.89. The number of fused-ring (bicyclic) bond motifs is 1. The SMILES string of the molecule is NC(=O)c1ccccc1NC(=O)[C@H]1CC(=O)c2ccccc21. The number of primary amides is 1. The van der Waals surface area contributed by atoms with Gasteiger partial charge in [-0.3, -0.25) is 14.4 Å². The minimum absolute atomic E-state index is 0.0427. The van der Waals surface area contributed by atoms with Crippen LogP contribution < -0.4 is 11.1 Å². The molecule has 2 aromatic rings. The normalized spacial score (nSPS) is 16.2. The van der Waals surface area contributed by atoms with Gasteiger partial charge in [-0.15, -0.1) is 0 Å². The molecule has 0 heterocycles. The van der Waals surface area contributed by atoms with Gasteiger partial charge in [-0.05, 0) is 17.7 Å². The summed E-state index contributed by atoms with van der Waals surface area (Å²) in [6.45, 7) is 0. The van der Waals surface area contributed by atoms with Crippen LogP contribution in [0.4, 0.5) is 5.69 Å². The van der Waals surface area contributed by atoms with Gasteiger partial charge in [-0.2, -0.15) is 0 Å². The van der Waals surface area contributed by atoms with Crippen molar-refractivity contribution >= 4 is 23.3 Å². The lowest BCUT2D eigenvalue weighted by molar-refractivity contribution is -0.117. The highest BCUT2D eigenvalue weighted by atomic mass is 16.2. The van der Waals surface area contributed by atoms with Crippen LogP contribution in [0.5, 0.6) is 0 Å². The molecule has 0 saturated carbocycles. The number of hydrogen-bond acceptors (Lipinski definition) is 3. The van der Waals surface area contributed by atoms with Gasteiger partial charge in [-0.25, -0.2) is 0 Å². The van der Waals surface area contributed by atoms with Crippen LogP contribution in [0.15, 0.2) is 48.5 Å². The average molecular weight is 294 g/mol. The maximum atomic E-state index is 12.5. The molecule has 0 aromatic heterocycles. The van der Waals surface area contributed by atoms with E-state index < -0.39 is 11.8 Å². The molecule has 0 aliphatic heterocycles. The maximum Gasteiger partial charge on any atom is 0.250 e. The molecule has 5 heteroatoms. The van der Waals surface area contributed by atoms with E-state index in [1.807, 2.05) is 0 Å². The molecule has 22 heavy (non-hydrogen) atoms. The standard InChI is InChI=1S/C17H14N2O3/c18-16(21)12-7-3-4-8-14(12)19-17(22)13-9-15(20)11-6-2-1-5-10(11)13/h1-8,13H,9H2,(H2,18,21)(H,19,22)/t13-/m0/s1. The second kappa shape index (κ2) is 5.44. The van der Waals surface area contributed by atoms with Gasteiger partial charge in [0.15, 0.2) is 5.78 Å². The molecule has 0 spiro atoms. The summed E-state index contributed by atoms with van der Waals surface area (Å²) in [4.78, 5) is 35.8. The van der Waals surface area contributed by atoms with Crippen molar-refractivity contribution in [3.05, 3.63) is 65.2 Å². The molecule has 2 aromatic carbocycles. The van der Waals surface area contributed by atoms with Crippen LogP contribution in [0, 0.1) is 0 Å². The Balaban J connectivity index is 1.88. The lowest BCUT2D eigenvalue weighted by Crippen LogP contribution is -2.22. The number of anilines is 1. The highest BCUT2D eigenvalue weighted by Crippen LogP contribution is 2.33. The lowest BCUT2D eigenvalue weighted by atomic mass is 10.00. The van der Waals surface area contributed by atoms with Gasteiger partial charge in [-0.1, -0.05) is 36.4 Å². The first-order valence-electron chi connectivity index (χ1n) is 6.89. The molecule has 0 unspecified atom stereocenters. The minimum Gasteiger partial charge on any atom is -0.366 e. The van der Waals surface area contributed by atoms with Crippen molar-refractivity contribution in [2.75, 3.05) is 5.32 Å². The monoisotopic (exact) mass is 294 g/mol. The summed E-state index contributed by atoms with van der Waals surface area (Å²) in [5.41, 5.74) is 7.21. The van der Waals surface area contributed by atoms with Gasteiger partial charge in [0.1, 0.15) is 0 Å². The Morgan fingerprint density at radius 1 is 1.05 bits per heavy atom. The van der Waals surface area contributed by atoms with Crippen molar-refractivity contribution in [3.63, 3.8) is 0 Å². The third kappa shape index (κ3) is 2.37. The van der Waals surface area contributed by atoms with Crippen molar-refractivity contribution in [2.45, 2.75) is 12.3 Å². The van der Waals surface area contributed by atoms with E-state index in [9.17, 15) is 14.4 Å². The van der Waals surface area contributed by atoms with E-state index in [4.69, 9.17) is 5.73 Å². The zero-order valence-corrected chi connectivity index (χ0v) is 11.7. The topological polar surface area (TPSA) is 89.3 Å². The number of rotatable bonds is 3. The fourth-order valence-corrected chi connectivity index (χ4v) is 2.72. The Morgan fingerprint density at radius 3 is 2.50 bits per heavy atom. The van der Waals surface area contributed by atoms with Crippen LogP contribution in [0.3, 0.4) is 0 Å². The molecule has 0 radical (unpaired) electrons. The zero-order valence-electron chi connectivity index (χ0n) is 11.7. The number of para-hydroxylation sites is 1. The number of nitrogens with one attached hydrogen (secondary N) is 1. The smallest absolute Gasteiger partial charge is 0.250 e. The van der Waals surface area contributed by atoms with Crippen molar-refractivity contribution in [1.82, 2.24) is 0 Å². The first kappa shape index (κ1) is 14.0. The van der Waals surface area contributed by atoms with E-state index in [1.54, 1.807) is 48.5 Å². The number of benzene rings is 2. The summed E-state index contributed by atoms with van der Waals surface area (Å²) in [7, 11) is 0. The number of nitrogens with two attached hydrogens (primary N) is 1. The second-order valence-corrected chi connectivity index (χ2v) is 5.17. The van der Waals surface area contributed by atoms with Crippen molar-refractivity contribution in [1.29, 1.82) is 0 Å². The van der Waals surface area contributed by atoms with E-state index in [0.29, 0.717) is 11.3 Å². The summed E-state index contributed by atoms with van der Waals surface area (Å²) >= 11 is 0. The van der Waals surface area contributed by atoms with Crippen molar-refractivity contribution in [3.8, 4) is 0 Å². The number of Topliss-reactive ketones (excluding diaryl/α,β-unsaturated/α-hetero) is 1. The minimum atomic E-state index is -0.612. The van der Waals surface area contributed by atoms with E-state index in [1.165, 1.54) is 0 Å². The fraction of sp³-hybridized carbons (Fsp3) is 0.118. The highest BCUT2D eigenvalue weighted by molar-refractivity contribution is 6.11. The highest BCUT2D eigenvalue weighted by Gasteiger charge is 2.34. The Kier molecular flexibility index (Phi) is 3.47. The molecule has 0 bridgehead atoms.